The van der Waals surface area contributed by atoms with Crippen molar-refractivity contribution in [2.45, 2.75) is 13.5 Å². The lowest BCUT2D eigenvalue weighted by Gasteiger charge is -2.26. The van der Waals surface area contributed by atoms with Crippen molar-refractivity contribution in [2.24, 2.45) is 0 Å². The molecule has 4 rings (SSSR count). The van der Waals surface area contributed by atoms with Crippen LogP contribution < -0.4 is 4.74 Å². The number of benzene rings is 2. The van der Waals surface area contributed by atoms with Crippen LogP contribution in [0.3, 0.4) is 0 Å². The Morgan fingerprint density at radius 2 is 1.88 bits per heavy atom. The van der Waals surface area contributed by atoms with Gasteiger partial charge in [0.2, 0.25) is 0 Å². The lowest BCUT2D eigenvalue weighted by Crippen LogP contribution is -2.43. The Morgan fingerprint density at radius 1 is 1.15 bits per heavy atom. The van der Waals surface area contributed by atoms with Crippen LogP contribution in [0.2, 0.25) is 0 Å². The largest absolute Gasteiger partial charge is 0.483 e. The normalized spacial score (nSPS) is 17.7. The SMILES string of the molecule is Cc1ccc(CN2C(=O)S/C(=C\c3ccc(OCC(=O)N4CCOCC4)c(Br)c3)C2=O)cc1. The van der Waals surface area contributed by atoms with Crippen molar-refractivity contribution in [2.75, 3.05) is 32.9 Å². The molecule has 0 saturated carbocycles. The predicted molar refractivity (Wildman–Crippen MR) is 130 cm³/mol. The van der Waals surface area contributed by atoms with E-state index >= 15 is 0 Å². The number of carbonyl (C=O) groups excluding carboxylic acids is 3. The summed E-state index contributed by atoms with van der Waals surface area (Å²) < 4.78 is 11.6. The number of carbonyl (C=O) groups is 3. The molecule has 2 heterocycles. The average molecular weight is 531 g/mol. The molecule has 0 atom stereocenters. The Balaban J connectivity index is 1.39. The zero-order valence-corrected chi connectivity index (χ0v) is 20.5. The number of thioether (sulfide) groups is 1. The van der Waals surface area contributed by atoms with Crippen molar-refractivity contribution < 1.29 is 23.9 Å². The molecular weight excluding hydrogens is 508 g/mol. The van der Waals surface area contributed by atoms with Crippen molar-refractivity contribution in [3.8, 4) is 5.75 Å². The van der Waals surface area contributed by atoms with Crippen molar-refractivity contribution in [1.82, 2.24) is 9.80 Å². The molecule has 0 bridgehead atoms. The van der Waals surface area contributed by atoms with Gasteiger partial charge in [-0.3, -0.25) is 19.3 Å². The van der Waals surface area contributed by atoms with E-state index in [1.165, 1.54) is 4.90 Å². The molecule has 7 nitrogen and oxygen atoms in total. The summed E-state index contributed by atoms with van der Waals surface area (Å²) in [6, 6.07) is 13.1. The van der Waals surface area contributed by atoms with Crippen LogP contribution in [0.15, 0.2) is 51.8 Å². The van der Waals surface area contributed by atoms with Crippen molar-refractivity contribution in [1.29, 1.82) is 0 Å². The molecule has 0 N–H and O–H groups in total. The number of ether oxygens (including phenoxy) is 2. The lowest BCUT2D eigenvalue weighted by molar-refractivity contribution is -0.137. The van der Waals surface area contributed by atoms with Crippen LogP contribution in [0, 0.1) is 6.92 Å². The Bertz CT molecular complexity index is 1100. The zero-order chi connectivity index (χ0) is 23.4. The van der Waals surface area contributed by atoms with Gasteiger partial charge in [-0.25, -0.2) is 0 Å². The first kappa shape index (κ1) is 23.5. The van der Waals surface area contributed by atoms with Crippen LogP contribution in [-0.4, -0.2) is 59.8 Å². The minimum absolute atomic E-state index is 0.0597. The predicted octanol–water partition coefficient (Wildman–Crippen LogP) is 4.23. The highest BCUT2D eigenvalue weighted by Crippen LogP contribution is 2.34. The molecule has 0 unspecified atom stereocenters. The van der Waals surface area contributed by atoms with Crippen LogP contribution >= 0.6 is 27.7 Å². The average Bonchev–Trinajstić information content (AvgIpc) is 3.07. The summed E-state index contributed by atoms with van der Waals surface area (Å²) >= 11 is 4.39. The number of aryl methyl sites for hydroxylation is 1. The zero-order valence-electron chi connectivity index (χ0n) is 18.1. The molecule has 3 amide bonds. The molecule has 2 aromatic rings. The summed E-state index contributed by atoms with van der Waals surface area (Å²) in [5.74, 6) is 0.135. The van der Waals surface area contributed by atoms with Crippen LogP contribution in [0.25, 0.3) is 6.08 Å². The van der Waals surface area contributed by atoms with E-state index in [-0.39, 0.29) is 30.2 Å². The standard InChI is InChI=1S/C24H23BrN2O5S/c1-16-2-4-17(5-3-16)14-27-23(29)21(33-24(27)30)13-18-6-7-20(19(25)12-18)32-15-22(28)26-8-10-31-11-9-26/h2-7,12-13H,8-11,14-15H2,1H3/b21-13-. The van der Waals surface area contributed by atoms with E-state index in [1.54, 1.807) is 29.2 Å². The van der Waals surface area contributed by atoms with E-state index < -0.39 is 0 Å². The molecular formula is C24H23BrN2O5S. The molecule has 9 heteroatoms. The molecule has 2 aromatic carbocycles. The first-order valence-electron chi connectivity index (χ1n) is 10.5. The third-order valence-corrected chi connectivity index (χ3v) is 6.83. The highest BCUT2D eigenvalue weighted by molar-refractivity contribution is 9.10. The van der Waals surface area contributed by atoms with Gasteiger partial charge in [0.05, 0.1) is 29.1 Å². The monoisotopic (exact) mass is 530 g/mol. The van der Waals surface area contributed by atoms with Gasteiger partial charge in [0.25, 0.3) is 17.1 Å². The van der Waals surface area contributed by atoms with Crippen LogP contribution in [0.1, 0.15) is 16.7 Å². The summed E-state index contributed by atoms with van der Waals surface area (Å²) in [7, 11) is 0. The van der Waals surface area contributed by atoms with Gasteiger partial charge in [-0.1, -0.05) is 35.9 Å². The quantitative estimate of drug-likeness (QED) is 0.520. The molecule has 33 heavy (non-hydrogen) atoms. The Morgan fingerprint density at radius 3 is 2.58 bits per heavy atom. The van der Waals surface area contributed by atoms with E-state index in [0.29, 0.717) is 41.4 Å². The lowest BCUT2D eigenvalue weighted by atomic mass is 10.1. The van der Waals surface area contributed by atoms with Crippen molar-refractivity contribution >= 4 is 50.8 Å². The highest BCUT2D eigenvalue weighted by atomic mass is 79.9. The van der Waals surface area contributed by atoms with Crippen LogP contribution in [0.4, 0.5) is 4.79 Å². The maximum atomic E-state index is 12.8. The van der Waals surface area contributed by atoms with E-state index in [9.17, 15) is 14.4 Å². The third-order valence-electron chi connectivity index (χ3n) is 5.30. The van der Waals surface area contributed by atoms with Gasteiger partial charge in [-0.05, 0) is 64.0 Å². The molecule has 0 radical (unpaired) electrons. The second-order valence-electron chi connectivity index (χ2n) is 7.73. The minimum Gasteiger partial charge on any atom is -0.483 e. The number of hydrogen-bond acceptors (Lipinski definition) is 6. The van der Waals surface area contributed by atoms with Gasteiger partial charge in [0.1, 0.15) is 5.75 Å². The number of imide groups is 1. The van der Waals surface area contributed by atoms with Crippen LogP contribution in [-0.2, 0) is 20.9 Å². The highest BCUT2D eigenvalue weighted by Gasteiger charge is 2.35. The molecule has 172 valence electrons. The number of halogens is 1. The maximum Gasteiger partial charge on any atom is 0.293 e. The molecule has 0 spiro atoms. The maximum absolute atomic E-state index is 12.8. The van der Waals surface area contributed by atoms with Crippen molar-refractivity contribution in [3.63, 3.8) is 0 Å². The van der Waals surface area contributed by atoms with Gasteiger partial charge < -0.3 is 14.4 Å². The smallest absolute Gasteiger partial charge is 0.293 e. The molecule has 2 saturated heterocycles. The fourth-order valence-corrected chi connectivity index (χ4v) is 4.78. The summed E-state index contributed by atoms with van der Waals surface area (Å²) in [6.45, 7) is 4.40. The van der Waals surface area contributed by atoms with E-state index in [4.69, 9.17) is 9.47 Å². The van der Waals surface area contributed by atoms with E-state index in [1.807, 2.05) is 31.2 Å². The van der Waals surface area contributed by atoms with Crippen molar-refractivity contribution in [3.05, 3.63) is 68.5 Å². The fraction of sp³-hybridized carbons (Fsp3) is 0.292. The summed E-state index contributed by atoms with van der Waals surface area (Å²) in [6.07, 6.45) is 1.69. The van der Waals surface area contributed by atoms with E-state index in [2.05, 4.69) is 15.9 Å². The molecule has 2 aliphatic heterocycles. The fourth-order valence-electron chi connectivity index (χ4n) is 3.43. The first-order chi connectivity index (χ1) is 15.9. The second-order valence-corrected chi connectivity index (χ2v) is 9.57. The third kappa shape index (κ3) is 5.85. The number of nitrogens with zero attached hydrogens (tertiary/aromatic N) is 2. The summed E-state index contributed by atoms with van der Waals surface area (Å²) in [4.78, 5) is 40.8. The first-order valence-corrected chi connectivity index (χ1v) is 12.1. The van der Waals surface area contributed by atoms with Gasteiger partial charge >= 0.3 is 0 Å². The number of amides is 3. The Hall–Kier alpha value is -2.62. The summed E-state index contributed by atoms with van der Waals surface area (Å²) in [5.41, 5.74) is 2.77. The summed E-state index contributed by atoms with van der Waals surface area (Å²) in [5, 5.41) is -0.285. The molecule has 0 aromatic heterocycles. The molecule has 2 aliphatic rings. The van der Waals surface area contributed by atoms with Gasteiger partial charge in [-0.2, -0.15) is 0 Å². The number of hydrogen-bond donors (Lipinski definition) is 0. The number of morpholine rings is 1. The minimum atomic E-state index is -0.307. The van der Waals surface area contributed by atoms with Gasteiger partial charge in [-0.15, -0.1) is 0 Å². The molecule has 0 aliphatic carbocycles. The van der Waals surface area contributed by atoms with Gasteiger partial charge in [0, 0.05) is 13.1 Å². The molecule has 2 fully saturated rings. The Kier molecular flexibility index (Phi) is 7.52. The number of rotatable bonds is 6. The van der Waals surface area contributed by atoms with Gasteiger partial charge in [0.15, 0.2) is 6.61 Å². The Labute approximate surface area is 204 Å². The van der Waals surface area contributed by atoms with Crippen LogP contribution in [0.5, 0.6) is 5.75 Å². The second kappa shape index (κ2) is 10.5. The topological polar surface area (TPSA) is 76.2 Å². The van der Waals surface area contributed by atoms with E-state index in [0.717, 1.165) is 28.5 Å².